The highest BCUT2D eigenvalue weighted by atomic mass is 16.5. The van der Waals surface area contributed by atoms with E-state index in [2.05, 4.69) is 20.9 Å². The van der Waals surface area contributed by atoms with Gasteiger partial charge in [-0.2, -0.15) is 0 Å². The molecule has 0 spiro atoms. The molecule has 3 aromatic heterocycles. The summed E-state index contributed by atoms with van der Waals surface area (Å²) in [5, 5.41) is 5.09. The zero-order valence-electron chi connectivity index (χ0n) is 11.1. The molecule has 0 radical (unpaired) electrons. The molecular weight excluding hydrogens is 240 g/mol. The lowest BCUT2D eigenvalue weighted by atomic mass is 10.2. The first-order valence-corrected chi connectivity index (χ1v) is 6.25. The molecule has 0 saturated carbocycles. The van der Waals surface area contributed by atoms with E-state index in [1.807, 2.05) is 26.0 Å². The predicted octanol–water partition coefficient (Wildman–Crippen LogP) is 2.15. The molecule has 0 atom stereocenters. The van der Waals surface area contributed by atoms with E-state index >= 15 is 0 Å². The Labute approximate surface area is 111 Å². The lowest BCUT2D eigenvalue weighted by Crippen LogP contribution is -2.01. The summed E-state index contributed by atoms with van der Waals surface area (Å²) >= 11 is 0. The monoisotopic (exact) mass is 256 g/mol. The number of pyridine rings is 1. The van der Waals surface area contributed by atoms with E-state index in [0.29, 0.717) is 13.1 Å². The summed E-state index contributed by atoms with van der Waals surface area (Å²) in [6.07, 6.45) is 3.86. The highest BCUT2D eigenvalue weighted by Gasteiger charge is 2.13. The van der Waals surface area contributed by atoms with Crippen LogP contribution in [0.15, 0.2) is 29.0 Å². The van der Waals surface area contributed by atoms with E-state index in [-0.39, 0.29) is 0 Å². The minimum Gasteiger partial charge on any atom is -0.361 e. The molecule has 0 amide bonds. The Kier molecular flexibility index (Phi) is 2.83. The average Bonchev–Trinajstić information content (AvgIpc) is 2.94. The van der Waals surface area contributed by atoms with Gasteiger partial charge in [0.2, 0.25) is 0 Å². The molecular formula is C14H16N4O. The van der Waals surface area contributed by atoms with Gasteiger partial charge in [0.1, 0.15) is 11.4 Å². The molecule has 0 aliphatic heterocycles. The Morgan fingerprint density at radius 2 is 2.21 bits per heavy atom. The van der Waals surface area contributed by atoms with Gasteiger partial charge in [-0.25, -0.2) is 4.98 Å². The molecule has 5 heteroatoms. The third-order valence-electron chi connectivity index (χ3n) is 3.45. The fourth-order valence-electron chi connectivity index (χ4n) is 2.38. The molecule has 5 nitrogen and oxygen atoms in total. The Balaban J connectivity index is 2.11. The number of aromatic nitrogens is 3. The lowest BCUT2D eigenvalue weighted by Gasteiger charge is -2.03. The van der Waals surface area contributed by atoms with Crippen LogP contribution in [0.5, 0.6) is 0 Å². The van der Waals surface area contributed by atoms with E-state index in [9.17, 15) is 0 Å². The van der Waals surface area contributed by atoms with Crippen molar-refractivity contribution >= 4 is 11.0 Å². The maximum absolute atomic E-state index is 5.79. The summed E-state index contributed by atoms with van der Waals surface area (Å²) in [4.78, 5) is 4.45. The zero-order valence-corrected chi connectivity index (χ0v) is 11.1. The SMILES string of the molecule is Cc1noc(C)c1Cn1cc(CN)c2cccnc21. The van der Waals surface area contributed by atoms with Crippen molar-refractivity contribution in [1.29, 1.82) is 0 Å². The van der Waals surface area contributed by atoms with Crippen LogP contribution in [0.3, 0.4) is 0 Å². The van der Waals surface area contributed by atoms with E-state index in [1.165, 1.54) is 0 Å². The van der Waals surface area contributed by atoms with Crippen molar-refractivity contribution in [2.45, 2.75) is 26.9 Å². The number of rotatable bonds is 3. The summed E-state index contributed by atoms with van der Waals surface area (Å²) in [5.41, 5.74) is 9.87. The quantitative estimate of drug-likeness (QED) is 0.779. The van der Waals surface area contributed by atoms with Gasteiger partial charge >= 0.3 is 0 Å². The van der Waals surface area contributed by atoms with Gasteiger partial charge in [0.05, 0.1) is 12.2 Å². The zero-order chi connectivity index (χ0) is 13.4. The van der Waals surface area contributed by atoms with E-state index < -0.39 is 0 Å². The van der Waals surface area contributed by atoms with Crippen LogP contribution in [-0.2, 0) is 13.1 Å². The van der Waals surface area contributed by atoms with Crippen molar-refractivity contribution in [3.63, 3.8) is 0 Å². The van der Waals surface area contributed by atoms with Crippen LogP contribution >= 0.6 is 0 Å². The van der Waals surface area contributed by atoms with Crippen molar-refractivity contribution in [3.8, 4) is 0 Å². The molecule has 0 aromatic carbocycles. The number of hydrogen-bond acceptors (Lipinski definition) is 4. The fourth-order valence-corrected chi connectivity index (χ4v) is 2.38. The molecule has 98 valence electrons. The molecule has 0 unspecified atom stereocenters. The highest BCUT2D eigenvalue weighted by molar-refractivity contribution is 5.80. The number of aryl methyl sites for hydroxylation is 2. The summed E-state index contributed by atoms with van der Waals surface area (Å²) in [5.74, 6) is 0.851. The fraction of sp³-hybridized carbons (Fsp3) is 0.286. The standard InChI is InChI=1S/C14H16N4O/c1-9-13(10(2)19-17-9)8-18-7-11(6-15)12-4-3-5-16-14(12)18/h3-5,7H,6,8,15H2,1-2H3. The van der Waals surface area contributed by atoms with Gasteiger partial charge in [-0.3, -0.25) is 0 Å². The first-order valence-electron chi connectivity index (χ1n) is 6.25. The van der Waals surface area contributed by atoms with Gasteiger partial charge in [-0.1, -0.05) is 5.16 Å². The third kappa shape index (κ3) is 1.92. The minimum atomic E-state index is 0.511. The largest absolute Gasteiger partial charge is 0.361 e. The molecule has 19 heavy (non-hydrogen) atoms. The smallest absolute Gasteiger partial charge is 0.140 e. The second-order valence-corrected chi connectivity index (χ2v) is 4.66. The van der Waals surface area contributed by atoms with Gasteiger partial charge in [0.15, 0.2) is 0 Å². The van der Waals surface area contributed by atoms with Crippen molar-refractivity contribution in [1.82, 2.24) is 14.7 Å². The molecule has 0 saturated heterocycles. The van der Waals surface area contributed by atoms with Crippen LogP contribution in [0.1, 0.15) is 22.6 Å². The normalized spacial score (nSPS) is 11.3. The third-order valence-corrected chi connectivity index (χ3v) is 3.45. The minimum absolute atomic E-state index is 0.511. The lowest BCUT2D eigenvalue weighted by molar-refractivity contribution is 0.392. The molecule has 0 aliphatic carbocycles. The number of nitrogens with zero attached hydrogens (tertiary/aromatic N) is 3. The first kappa shape index (κ1) is 11.9. The molecule has 0 aliphatic rings. The summed E-state index contributed by atoms with van der Waals surface area (Å²) in [6.45, 7) is 5.10. The Hall–Kier alpha value is -2.14. The van der Waals surface area contributed by atoms with E-state index in [0.717, 1.165) is 33.6 Å². The van der Waals surface area contributed by atoms with Crippen molar-refractivity contribution < 1.29 is 4.52 Å². The van der Waals surface area contributed by atoms with Crippen LogP contribution in [0.2, 0.25) is 0 Å². The topological polar surface area (TPSA) is 69.9 Å². The Bertz CT molecular complexity index is 707. The van der Waals surface area contributed by atoms with Gasteiger partial charge in [0.25, 0.3) is 0 Å². The van der Waals surface area contributed by atoms with Crippen LogP contribution in [-0.4, -0.2) is 14.7 Å². The maximum Gasteiger partial charge on any atom is 0.140 e. The number of hydrogen-bond donors (Lipinski definition) is 1. The molecule has 0 fully saturated rings. The van der Waals surface area contributed by atoms with Crippen LogP contribution in [0.4, 0.5) is 0 Å². The number of fused-ring (bicyclic) bond motifs is 1. The predicted molar refractivity (Wildman–Crippen MR) is 72.7 cm³/mol. The van der Waals surface area contributed by atoms with Gasteiger partial charge in [-0.05, 0) is 31.5 Å². The Morgan fingerprint density at radius 3 is 2.89 bits per heavy atom. The second-order valence-electron chi connectivity index (χ2n) is 4.66. The van der Waals surface area contributed by atoms with Gasteiger partial charge in [0, 0.05) is 29.9 Å². The molecule has 3 rings (SSSR count). The van der Waals surface area contributed by atoms with Crippen LogP contribution < -0.4 is 5.73 Å². The van der Waals surface area contributed by atoms with E-state index in [4.69, 9.17) is 10.3 Å². The molecule has 3 aromatic rings. The van der Waals surface area contributed by atoms with E-state index in [1.54, 1.807) is 6.20 Å². The average molecular weight is 256 g/mol. The maximum atomic E-state index is 5.79. The number of nitrogens with two attached hydrogens (primary N) is 1. The molecule has 2 N–H and O–H groups in total. The highest BCUT2D eigenvalue weighted by Crippen LogP contribution is 2.22. The van der Waals surface area contributed by atoms with Crippen molar-refractivity contribution in [2.24, 2.45) is 5.73 Å². The second kappa shape index (κ2) is 4.51. The van der Waals surface area contributed by atoms with Crippen LogP contribution in [0.25, 0.3) is 11.0 Å². The van der Waals surface area contributed by atoms with Gasteiger partial charge < -0.3 is 14.8 Å². The van der Waals surface area contributed by atoms with Gasteiger partial charge in [-0.15, -0.1) is 0 Å². The first-order chi connectivity index (χ1) is 9.20. The Morgan fingerprint density at radius 1 is 1.37 bits per heavy atom. The van der Waals surface area contributed by atoms with Crippen LogP contribution in [0, 0.1) is 13.8 Å². The molecule has 0 bridgehead atoms. The summed E-state index contributed by atoms with van der Waals surface area (Å²) in [6, 6.07) is 3.98. The summed E-state index contributed by atoms with van der Waals surface area (Å²) in [7, 11) is 0. The summed E-state index contributed by atoms with van der Waals surface area (Å²) < 4.78 is 7.31. The van der Waals surface area contributed by atoms with Crippen molar-refractivity contribution in [2.75, 3.05) is 0 Å². The molecule has 3 heterocycles. The van der Waals surface area contributed by atoms with Crippen molar-refractivity contribution in [3.05, 3.63) is 47.1 Å².